The largest absolute Gasteiger partial charge is 0.477 e. The maximum atomic E-state index is 11.2. The lowest BCUT2D eigenvalue weighted by Gasteiger charge is -2.23. The van der Waals surface area contributed by atoms with Crippen LogP contribution in [-0.4, -0.2) is 29.7 Å². The molecule has 4 aromatic heterocycles. The van der Waals surface area contributed by atoms with Crippen LogP contribution in [0.15, 0.2) is 54.1 Å². The van der Waals surface area contributed by atoms with Crippen LogP contribution in [0.1, 0.15) is 25.6 Å². The summed E-state index contributed by atoms with van der Waals surface area (Å²) in [7, 11) is 4.10. The van der Waals surface area contributed by atoms with Gasteiger partial charge in [0.05, 0.1) is 20.4 Å². The number of anilines is 1. The number of hydrogen-bond acceptors (Lipinski definition) is 6. The molecule has 0 spiro atoms. The fourth-order valence-electron chi connectivity index (χ4n) is 4.31. The van der Waals surface area contributed by atoms with Crippen LogP contribution in [0, 0.1) is 11.3 Å². The molecule has 182 valence electrons. The third-order valence-corrected chi connectivity index (χ3v) is 9.65. The highest BCUT2D eigenvalue weighted by Crippen LogP contribution is 2.48. The highest BCUT2D eigenvalue weighted by atomic mass is 32.1. The first-order valence-corrected chi connectivity index (χ1v) is 13.8. The van der Waals surface area contributed by atoms with Gasteiger partial charge in [-0.1, -0.05) is 12.1 Å². The molecule has 4 heterocycles. The predicted molar refractivity (Wildman–Crippen MR) is 154 cm³/mol. The van der Waals surface area contributed by atoms with E-state index < -0.39 is 5.97 Å². The van der Waals surface area contributed by atoms with Crippen molar-refractivity contribution in [2.45, 2.75) is 26.3 Å². The lowest BCUT2D eigenvalue weighted by Crippen LogP contribution is -2.20. The van der Waals surface area contributed by atoms with Gasteiger partial charge in [-0.25, -0.2) is 4.79 Å². The Bertz CT molecular complexity index is 1680. The summed E-state index contributed by atoms with van der Waals surface area (Å²) in [5, 5.41) is 18.2. The Kier molecular flexibility index (Phi) is 6.03. The molecule has 0 atom stereocenters. The minimum Gasteiger partial charge on any atom is -0.477 e. The smallest absolute Gasteiger partial charge is 0.346 e. The summed E-state index contributed by atoms with van der Waals surface area (Å²) in [5.74, 6) is -1.21. The van der Waals surface area contributed by atoms with Crippen molar-refractivity contribution in [2.24, 2.45) is 0 Å². The molecule has 1 aromatic carbocycles. The Morgan fingerprint density at radius 1 is 0.944 bits per heavy atom. The third kappa shape index (κ3) is 4.24. The molecule has 5 nitrogen and oxygen atoms in total. The van der Waals surface area contributed by atoms with Crippen molar-refractivity contribution in [2.75, 3.05) is 19.0 Å². The van der Waals surface area contributed by atoms with E-state index in [2.05, 4.69) is 66.6 Å². The van der Waals surface area contributed by atoms with Crippen molar-refractivity contribution < 1.29 is 9.90 Å². The number of carbonyl (C=O) groups is 1. The molecule has 0 aliphatic rings. The molecule has 0 saturated heterocycles. The van der Waals surface area contributed by atoms with E-state index in [0.29, 0.717) is 0 Å². The summed E-state index contributed by atoms with van der Waals surface area (Å²) >= 11 is 5.10. The molecule has 0 fully saturated rings. The van der Waals surface area contributed by atoms with Crippen molar-refractivity contribution in [3.63, 3.8) is 0 Å². The molecule has 36 heavy (non-hydrogen) atoms. The molecule has 0 amide bonds. The van der Waals surface area contributed by atoms with E-state index in [1.165, 1.54) is 54.0 Å². The number of nitrogens with zero attached hydrogens (tertiary/aromatic N) is 3. The van der Waals surface area contributed by atoms with E-state index in [0.717, 1.165) is 14.6 Å². The van der Waals surface area contributed by atoms with Crippen LogP contribution >= 0.6 is 34.0 Å². The van der Waals surface area contributed by atoms with Gasteiger partial charge >= 0.3 is 5.97 Å². The number of hydrogen-bond donors (Lipinski definition) is 1. The van der Waals surface area contributed by atoms with Gasteiger partial charge in [0, 0.05) is 44.8 Å². The second kappa shape index (κ2) is 8.93. The first kappa shape index (κ1) is 24.3. The predicted octanol–water partition coefficient (Wildman–Crippen LogP) is 8.13. The highest BCUT2D eigenvalue weighted by molar-refractivity contribution is 7.31. The SMILES string of the molecule is CN(C)c1ccc(-c2cc3c(s2)c2sc(-c4ccc(/C=C(\C#N)C(=O)O)s4)cc2n3C(C)(C)C)cc1. The second-order valence-electron chi connectivity index (χ2n) is 9.77. The minimum atomic E-state index is -1.21. The summed E-state index contributed by atoms with van der Waals surface area (Å²) < 4.78 is 4.99. The number of nitriles is 1. The summed E-state index contributed by atoms with van der Waals surface area (Å²) in [6.07, 6.45) is 1.43. The summed E-state index contributed by atoms with van der Waals surface area (Å²) in [4.78, 5) is 17.5. The maximum absolute atomic E-state index is 11.2. The molecule has 0 aliphatic carbocycles. The van der Waals surface area contributed by atoms with Gasteiger partial charge < -0.3 is 14.6 Å². The fourth-order valence-corrected chi connectivity index (χ4v) is 7.78. The van der Waals surface area contributed by atoms with Gasteiger partial charge in [-0.2, -0.15) is 5.26 Å². The topological polar surface area (TPSA) is 69.3 Å². The van der Waals surface area contributed by atoms with Gasteiger partial charge in [0.25, 0.3) is 0 Å². The first-order valence-electron chi connectivity index (χ1n) is 11.4. The molecule has 0 unspecified atom stereocenters. The lowest BCUT2D eigenvalue weighted by molar-refractivity contribution is -0.132. The van der Waals surface area contributed by atoms with E-state index in [-0.39, 0.29) is 11.1 Å². The number of rotatable bonds is 5. The number of fused-ring (bicyclic) bond motifs is 3. The molecule has 0 bridgehead atoms. The molecule has 1 N–H and O–H groups in total. The second-order valence-corrected chi connectivity index (χ2v) is 13.0. The quantitative estimate of drug-likeness (QED) is 0.184. The van der Waals surface area contributed by atoms with Gasteiger partial charge in [0.1, 0.15) is 11.6 Å². The standard InChI is InChI=1S/C28H25N3O2S3/c1-28(2,3)31-20-13-23(16-6-8-18(9-7-16)30(4)5)35-25(20)26-21(31)14-24(36-26)22-11-10-19(34-22)12-17(15-29)27(32)33/h6-14H,1-5H3,(H,32,33)/b17-12+. The number of carboxylic acid groups (broad SMARTS) is 1. The first-order chi connectivity index (χ1) is 17.1. The van der Waals surface area contributed by atoms with E-state index in [1.807, 2.05) is 37.6 Å². The van der Waals surface area contributed by atoms with Gasteiger partial charge in [-0.05, 0) is 68.8 Å². The molecular weight excluding hydrogens is 507 g/mol. The molecule has 8 heteroatoms. The Morgan fingerprint density at radius 3 is 2.11 bits per heavy atom. The number of thiophene rings is 3. The number of benzene rings is 1. The average Bonchev–Trinajstić information content (AvgIpc) is 3.57. The summed E-state index contributed by atoms with van der Waals surface area (Å²) in [6, 6.07) is 18.9. The molecule has 0 saturated carbocycles. The van der Waals surface area contributed by atoms with Crippen molar-refractivity contribution in [3.05, 3.63) is 59.0 Å². The molecule has 5 rings (SSSR count). The van der Waals surface area contributed by atoms with Gasteiger partial charge in [0.2, 0.25) is 0 Å². The van der Waals surface area contributed by atoms with Crippen molar-refractivity contribution >= 4 is 72.2 Å². The van der Waals surface area contributed by atoms with E-state index in [9.17, 15) is 4.79 Å². The molecule has 0 radical (unpaired) electrons. The minimum absolute atomic E-state index is 0.0992. The summed E-state index contributed by atoms with van der Waals surface area (Å²) in [6.45, 7) is 6.70. The average molecular weight is 532 g/mol. The van der Waals surface area contributed by atoms with E-state index in [4.69, 9.17) is 10.4 Å². The molecule has 0 aliphatic heterocycles. The van der Waals surface area contributed by atoms with Crippen LogP contribution in [0.25, 0.3) is 46.7 Å². The molecule has 5 aromatic rings. The van der Waals surface area contributed by atoms with Crippen molar-refractivity contribution in [1.82, 2.24) is 4.57 Å². The van der Waals surface area contributed by atoms with Crippen LogP contribution in [0.4, 0.5) is 5.69 Å². The van der Waals surface area contributed by atoms with Crippen LogP contribution in [0.5, 0.6) is 0 Å². The van der Waals surface area contributed by atoms with E-state index in [1.54, 1.807) is 17.4 Å². The van der Waals surface area contributed by atoms with Crippen LogP contribution in [0.2, 0.25) is 0 Å². The van der Waals surface area contributed by atoms with Crippen LogP contribution < -0.4 is 4.90 Å². The fraction of sp³-hybridized carbons (Fsp3) is 0.214. The Hall–Kier alpha value is -3.38. The lowest BCUT2D eigenvalue weighted by atomic mass is 10.1. The Morgan fingerprint density at radius 2 is 1.56 bits per heavy atom. The van der Waals surface area contributed by atoms with Gasteiger partial charge in [0.15, 0.2) is 0 Å². The van der Waals surface area contributed by atoms with Gasteiger partial charge in [-0.15, -0.1) is 34.0 Å². The maximum Gasteiger partial charge on any atom is 0.346 e. The summed E-state index contributed by atoms with van der Waals surface area (Å²) in [5.41, 5.74) is 4.51. The highest BCUT2D eigenvalue weighted by Gasteiger charge is 2.25. The van der Waals surface area contributed by atoms with E-state index >= 15 is 0 Å². The monoisotopic (exact) mass is 531 g/mol. The Balaban J connectivity index is 1.62. The zero-order valence-corrected chi connectivity index (χ0v) is 23.1. The zero-order valence-electron chi connectivity index (χ0n) is 20.6. The Labute approximate surface area is 221 Å². The van der Waals surface area contributed by atoms with Crippen LogP contribution in [-0.2, 0) is 10.3 Å². The molecular formula is C28H25N3O2S3. The van der Waals surface area contributed by atoms with Crippen LogP contribution in [0.3, 0.4) is 0 Å². The normalized spacial score (nSPS) is 12.4. The number of aliphatic carboxylic acids is 1. The third-order valence-electron chi connectivity index (χ3n) is 5.96. The van der Waals surface area contributed by atoms with Crippen molar-refractivity contribution in [1.29, 1.82) is 5.26 Å². The van der Waals surface area contributed by atoms with Gasteiger partial charge in [-0.3, -0.25) is 0 Å². The number of aromatic nitrogens is 1. The zero-order chi connectivity index (χ0) is 25.8. The van der Waals surface area contributed by atoms with Crippen molar-refractivity contribution in [3.8, 4) is 26.3 Å². The number of carboxylic acids is 1.